The third-order valence-electron chi connectivity index (χ3n) is 3.69. The van der Waals surface area contributed by atoms with Gasteiger partial charge in [-0.05, 0) is 24.0 Å². The van der Waals surface area contributed by atoms with Gasteiger partial charge in [0.05, 0.1) is 19.8 Å². The van der Waals surface area contributed by atoms with Crippen molar-refractivity contribution < 1.29 is 14.3 Å². The third kappa shape index (κ3) is 3.95. The number of anilines is 1. The second kappa shape index (κ2) is 7.43. The molecule has 0 unspecified atom stereocenters. The second-order valence-electron chi connectivity index (χ2n) is 5.14. The van der Waals surface area contributed by atoms with Crippen LogP contribution in [0.15, 0.2) is 18.2 Å². The van der Waals surface area contributed by atoms with E-state index < -0.39 is 0 Å². The van der Waals surface area contributed by atoms with Crippen molar-refractivity contribution in [2.24, 2.45) is 0 Å². The van der Waals surface area contributed by atoms with E-state index in [4.69, 9.17) is 9.47 Å². The standard InChI is InChI=1S/C16H24N2O3/c1-4-12-7-6-8-13(5-2)15(12)17-16(19)18(3)11-14-20-9-10-21-14/h6-8,14H,4-5,9-11H2,1-3H3,(H,17,19). The van der Waals surface area contributed by atoms with Gasteiger partial charge in [0.1, 0.15) is 0 Å². The van der Waals surface area contributed by atoms with E-state index >= 15 is 0 Å². The van der Waals surface area contributed by atoms with E-state index in [9.17, 15) is 4.79 Å². The fourth-order valence-corrected chi connectivity index (χ4v) is 2.42. The Labute approximate surface area is 126 Å². The van der Waals surface area contributed by atoms with E-state index in [-0.39, 0.29) is 12.3 Å². The van der Waals surface area contributed by atoms with Gasteiger partial charge >= 0.3 is 6.03 Å². The largest absolute Gasteiger partial charge is 0.348 e. The molecule has 2 rings (SSSR count). The van der Waals surface area contributed by atoms with Gasteiger partial charge in [0.15, 0.2) is 6.29 Å². The van der Waals surface area contributed by atoms with Gasteiger partial charge in [0, 0.05) is 12.7 Å². The van der Waals surface area contributed by atoms with Crippen LogP contribution in [0.4, 0.5) is 10.5 Å². The predicted molar refractivity (Wildman–Crippen MR) is 82.5 cm³/mol. The van der Waals surface area contributed by atoms with Gasteiger partial charge in [-0.25, -0.2) is 4.79 Å². The number of rotatable bonds is 5. The van der Waals surface area contributed by atoms with Crippen LogP contribution in [0.25, 0.3) is 0 Å². The SMILES string of the molecule is CCc1cccc(CC)c1NC(=O)N(C)CC1OCCO1. The Balaban J connectivity index is 2.04. The molecule has 0 saturated carbocycles. The molecule has 0 bridgehead atoms. The highest BCUT2D eigenvalue weighted by Gasteiger charge is 2.21. The minimum Gasteiger partial charge on any atom is -0.348 e. The molecule has 2 amide bonds. The van der Waals surface area contributed by atoms with Crippen LogP contribution in [0.2, 0.25) is 0 Å². The topological polar surface area (TPSA) is 50.8 Å². The molecule has 21 heavy (non-hydrogen) atoms. The number of nitrogens with zero attached hydrogens (tertiary/aromatic N) is 1. The highest BCUT2D eigenvalue weighted by Crippen LogP contribution is 2.23. The Morgan fingerprint density at radius 1 is 1.24 bits per heavy atom. The molecule has 5 heteroatoms. The van der Waals surface area contributed by atoms with Crippen LogP contribution >= 0.6 is 0 Å². The Bertz CT molecular complexity index is 462. The normalized spacial score (nSPS) is 15.2. The molecule has 1 aromatic rings. The van der Waals surface area contributed by atoms with Gasteiger partial charge in [-0.1, -0.05) is 32.0 Å². The number of carbonyl (C=O) groups excluding carboxylic acids is 1. The van der Waals surface area contributed by atoms with Gasteiger partial charge in [-0.15, -0.1) is 0 Å². The van der Waals surface area contributed by atoms with Crippen molar-refractivity contribution in [2.75, 3.05) is 32.1 Å². The van der Waals surface area contributed by atoms with Crippen molar-refractivity contribution in [3.63, 3.8) is 0 Å². The number of benzene rings is 1. The summed E-state index contributed by atoms with van der Waals surface area (Å²) < 4.78 is 10.7. The summed E-state index contributed by atoms with van der Waals surface area (Å²) in [6.45, 7) is 5.81. The molecule has 1 saturated heterocycles. The molecule has 1 N–H and O–H groups in total. The summed E-state index contributed by atoms with van der Waals surface area (Å²) in [5, 5.41) is 3.03. The van der Waals surface area contributed by atoms with Crippen molar-refractivity contribution >= 4 is 11.7 Å². The first-order valence-corrected chi connectivity index (χ1v) is 7.51. The predicted octanol–water partition coefficient (Wildman–Crippen LogP) is 2.65. The maximum Gasteiger partial charge on any atom is 0.321 e. The molecule has 1 aromatic carbocycles. The molecule has 1 heterocycles. The number of ether oxygens (including phenoxy) is 2. The Morgan fingerprint density at radius 3 is 2.33 bits per heavy atom. The average molecular weight is 292 g/mol. The van der Waals surface area contributed by atoms with Crippen molar-refractivity contribution in [3.05, 3.63) is 29.3 Å². The quantitative estimate of drug-likeness (QED) is 0.907. The maximum atomic E-state index is 12.3. The number of likely N-dealkylation sites (N-methyl/N-ethyl adjacent to an activating group) is 1. The molecule has 5 nitrogen and oxygen atoms in total. The summed E-state index contributed by atoms with van der Waals surface area (Å²) in [5.74, 6) is 0. The number of nitrogens with one attached hydrogen (secondary N) is 1. The highest BCUT2D eigenvalue weighted by atomic mass is 16.7. The molecular formula is C16H24N2O3. The van der Waals surface area contributed by atoms with Gasteiger partial charge in [-0.2, -0.15) is 0 Å². The lowest BCUT2D eigenvalue weighted by molar-refractivity contribution is -0.0518. The Hall–Kier alpha value is -1.59. The Kier molecular flexibility index (Phi) is 5.59. The van der Waals surface area contributed by atoms with Gasteiger partial charge in [0.2, 0.25) is 0 Å². The van der Waals surface area contributed by atoms with Crippen LogP contribution in [0, 0.1) is 0 Å². The third-order valence-corrected chi connectivity index (χ3v) is 3.69. The maximum absolute atomic E-state index is 12.3. The Morgan fingerprint density at radius 2 is 1.81 bits per heavy atom. The van der Waals surface area contributed by atoms with Crippen LogP contribution in [-0.2, 0) is 22.3 Å². The van der Waals surface area contributed by atoms with E-state index in [0.29, 0.717) is 19.8 Å². The monoisotopic (exact) mass is 292 g/mol. The number of urea groups is 1. The lowest BCUT2D eigenvalue weighted by atomic mass is 10.0. The van der Waals surface area contributed by atoms with Crippen molar-refractivity contribution in [2.45, 2.75) is 33.0 Å². The number of carbonyl (C=O) groups is 1. The summed E-state index contributed by atoms with van der Waals surface area (Å²) in [6.07, 6.45) is 1.47. The molecule has 116 valence electrons. The van der Waals surface area contributed by atoms with Gasteiger partial charge < -0.3 is 19.7 Å². The minimum absolute atomic E-state index is 0.135. The zero-order valence-electron chi connectivity index (χ0n) is 13.0. The summed E-state index contributed by atoms with van der Waals surface area (Å²) in [4.78, 5) is 13.9. The molecule has 0 aromatic heterocycles. The first-order valence-electron chi connectivity index (χ1n) is 7.51. The zero-order chi connectivity index (χ0) is 15.2. The summed E-state index contributed by atoms with van der Waals surface area (Å²) in [7, 11) is 1.75. The van der Waals surface area contributed by atoms with Gasteiger partial charge in [0.25, 0.3) is 0 Å². The first kappa shape index (κ1) is 15.8. The van der Waals surface area contributed by atoms with E-state index in [1.165, 1.54) is 0 Å². The van der Waals surface area contributed by atoms with E-state index in [1.54, 1.807) is 11.9 Å². The molecule has 1 aliphatic heterocycles. The van der Waals surface area contributed by atoms with Crippen molar-refractivity contribution in [3.8, 4) is 0 Å². The zero-order valence-corrected chi connectivity index (χ0v) is 13.0. The number of aryl methyl sites for hydroxylation is 2. The van der Waals surface area contributed by atoms with Crippen molar-refractivity contribution in [1.29, 1.82) is 0 Å². The summed E-state index contributed by atoms with van der Waals surface area (Å²) in [5.41, 5.74) is 3.25. The van der Waals surface area contributed by atoms with Crippen LogP contribution in [0.3, 0.4) is 0 Å². The van der Waals surface area contributed by atoms with E-state index in [1.807, 2.05) is 6.07 Å². The minimum atomic E-state index is -0.312. The first-order chi connectivity index (χ1) is 10.2. The number of para-hydroxylation sites is 1. The van der Waals surface area contributed by atoms with Crippen LogP contribution in [-0.4, -0.2) is 44.0 Å². The second-order valence-corrected chi connectivity index (χ2v) is 5.14. The number of amides is 2. The average Bonchev–Trinajstić information content (AvgIpc) is 3.00. The molecular weight excluding hydrogens is 268 g/mol. The van der Waals surface area contributed by atoms with E-state index in [2.05, 4.69) is 31.3 Å². The van der Waals surface area contributed by atoms with Crippen LogP contribution in [0.5, 0.6) is 0 Å². The van der Waals surface area contributed by atoms with E-state index in [0.717, 1.165) is 29.7 Å². The lowest BCUT2D eigenvalue weighted by Gasteiger charge is -2.22. The van der Waals surface area contributed by atoms with Crippen molar-refractivity contribution in [1.82, 2.24) is 4.90 Å². The fourth-order valence-electron chi connectivity index (χ4n) is 2.42. The lowest BCUT2D eigenvalue weighted by Crippen LogP contribution is -2.38. The smallest absolute Gasteiger partial charge is 0.321 e. The fraction of sp³-hybridized carbons (Fsp3) is 0.562. The molecule has 1 fully saturated rings. The molecule has 0 spiro atoms. The van der Waals surface area contributed by atoms with Gasteiger partial charge in [-0.3, -0.25) is 0 Å². The van der Waals surface area contributed by atoms with Crippen LogP contribution < -0.4 is 5.32 Å². The molecule has 1 aliphatic rings. The molecule has 0 aliphatic carbocycles. The molecule has 0 atom stereocenters. The summed E-state index contributed by atoms with van der Waals surface area (Å²) >= 11 is 0. The number of hydrogen-bond donors (Lipinski definition) is 1. The number of hydrogen-bond acceptors (Lipinski definition) is 3. The molecule has 0 radical (unpaired) electrons. The highest BCUT2D eigenvalue weighted by molar-refractivity contribution is 5.91. The summed E-state index contributed by atoms with van der Waals surface area (Å²) in [6, 6.07) is 6.01. The van der Waals surface area contributed by atoms with Crippen LogP contribution in [0.1, 0.15) is 25.0 Å².